The molecule has 2 atom stereocenters. The molecule has 0 fully saturated rings. The van der Waals surface area contributed by atoms with Crippen molar-refractivity contribution in [1.82, 2.24) is 0 Å². The van der Waals surface area contributed by atoms with E-state index in [1.54, 1.807) is 6.08 Å². The average Bonchev–Trinajstić information content (AvgIpc) is 3.09. The van der Waals surface area contributed by atoms with Gasteiger partial charge in [-0.2, -0.15) is 0 Å². The number of aliphatic hydroxyl groups is 2. The zero-order valence-electron chi connectivity index (χ0n) is 30.8. The molecule has 48 heavy (non-hydrogen) atoms. The summed E-state index contributed by atoms with van der Waals surface area (Å²) in [6, 6.07) is 0. The van der Waals surface area contributed by atoms with Crippen LogP contribution in [0, 0.1) is 0 Å². The zero-order chi connectivity index (χ0) is 35.2. The van der Waals surface area contributed by atoms with Crippen LogP contribution in [0.25, 0.3) is 0 Å². The zero-order valence-corrected chi connectivity index (χ0v) is 30.8. The van der Waals surface area contributed by atoms with Crippen molar-refractivity contribution in [2.75, 3.05) is 13.2 Å². The Morgan fingerprint density at radius 2 is 0.938 bits per heavy atom. The highest BCUT2D eigenvalue weighted by Gasteiger charge is 2.12. The Bertz CT molecular complexity index is 871. The van der Waals surface area contributed by atoms with E-state index >= 15 is 0 Å². The van der Waals surface area contributed by atoms with Crippen LogP contribution in [0.1, 0.15) is 168 Å². The van der Waals surface area contributed by atoms with Crippen molar-refractivity contribution in [3.63, 3.8) is 0 Å². The highest BCUT2D eigenvalue weighted by molar-refractivity contribution is 5.69. The lowest BCUT2D eigenvalue weighted by atomic mass is 10.0. The Morgan fingerprint density at radius 3 is 1.42 bits per heavy atom. The number of esters is 2. The fourth-order valence-corrected chi connectivity index (χ4v) is 5.07. The van der Waals surface area contributed by atoms with E-state index < -0.39 is 6.10 Å². The predicted octanol–water partition coefficient (Wildman–Crippen LogP) is 11.0. The number of hydrogen-bond donors (Lipinski definition) is 2. The summed E-state index contributed by atoms with van der Waals surface area (Å²) >= 11 is 0. The molecule has 0 unspecified atom stereocenters. The molecular formula is C42H72O6. The summed E-state index contributed by atoms with van der Waals surface area (Å²) in [5, 5.41) is 19.4. The quantitative estimate of drug-likeness (QED) is 0.0306. The molecule has 0 heterocycles. The molecule has 6 nitrogen and oxygen atoms in total. The molecule has 276 valence electrons. The van der Waals surface area contributed by atoms with Gasteiger partial charge in [-0.15, -0.1) is 0 Å². The van der Waals surface area contributed by atoms with Crippen LogP contribution in [0.3, 0.4) is 0 Å². The highest BCUT2D eigenvalue weighted by atomic mass is 16.6. The van der Waals surface area contributed by atoms with Gasteiger partial charge in [-0.05, 0) is 44.9 Å². The smallest absolute Gasteiger partial charge is 0.305 e. The van der Waals surface area contributed by atoms with E-state index in [1.807, 2.05) is 19.1 Å². The third-order valence-electron chi connectivity index (χ3n) is 8.17. The number of allylic oxidation sites excluding steroid dienone is 9. The fourth-order valence-electron chi connectivity index (χ4n) is 5.07. The first-order chi connectivity index (χ1) is 23.5. The van der Waals surface area contributed by atoms with Gasteiger partial charge in [-0.3, -0.25) is 9.59 Å². The van der Waals surface area contributed by atoms with Crippen molar-refractivity contribution in [2.45, 2.75) is 180 Å². The molecule has 0 radical (unpaired) electrons. The Labute approximate surface area is 294 Å². The molecule has 0 rings (SSSR count). The molecule has 0 aliphatic heterocycles. The van der Waals surface area contributed by atoms with Gasteiger partial charge < -0.3 is 19.7 Å². The molecule has 0 saturated carbocycles. The second-order valence-corrected chi connectivity index (χ2v) is 12.9. The minimum absolute atomic E-state index is 0.142. The van der Waals surface area contributed by atoms with Crippen LogP contribution in [-0.4, -0.2) is 47.6 Å². The maximum Gasteiger partial charge on any atom is 0.305 e. The van der Waals surface area contributed by atoms with E-state index in [1.165, 1.54) is 83.5 Å². The van der Waals surface area contributed by atoms with Crippen molar-refractivity contribution >= 4 is 11.9 Å². The molecule has 0 bridgehead atoms. The number of aliphatic hydroxyl groups excluding tert-OH is 2. The molecule has 0 aliphatic rings. The molecular weight excluding hydrogens is 600 g/mol. The lowest BCUT2D eigenvalue weighted by Crippen LogP contribution is -2.25. The summed E-state index contributed by atoms with van der Waals surface area (Å²) in [5.41, 5.74) is 0. The van der Waals surface area contributed by atoms with Crippen molar-refractivity contribution in [3.05, 3.63) is 60.8 Å². The number of hydrogen-bond acceptors (Lipinski definition) is 6. The van der Waals surface area contributed by atoms with E-state index in [-0.39, 0.29) is 31.3 Å². The van der Waals surface area contributed by atoms with Gasteiger partial charge in [0.1, 0.15) is 19.3 Å². The van der Waals surface area contributed by atoms with E-state index in [9.17, 15) is 19.8 Å². The van der Waals surface area contributed by atoms with E-state index in [0.717, 1.165) is 51.4 Å². The molecule has 0 aromatic heterocycles. The lowest BCUT2D eigenvalue weighted by Gasteiger charge is -2.12. The summed E-state index contributed by atoms with van der Waals surface area (Å²) in [6.07, 6.45) is 45.1. The van der Waals surface area contributed by atoms with Crippen LogP contribution >= 0.6 is 0 Å². The fraction of sp³-hybridized carbons (Fsp3) is 0.714. The Kier molecular flexibility index (Phi) is 35.5. The van der Waals surface area contributed by atoms with Crippen molar-refractivity contribution in [1.29, 1.82) is 0 Å². The number of rotatable bonds is 34. The van der Waals surface area contributed by atoms with Gasteiger partial charge in [0.05, 0.1) is 6.10 Å². The monoisotopic (exact) mass is 673 g/mol. The first kappa shape index (κ1) is 45.6. The Hall–Kier alpha value is -2.44. The lowest BCUT2D eigenvalue weighted by molar-refractivity contribution is -0.152. The molecule has 0 amide bonds. The highest BCUT2D eigenvalue weighted by Crippen LogP contribution is 2.14. The second-order valence-electron chi connectivity index (χ2n) is 12.9. The Morgan fingerprint density at radius 1 is 0.521 bits per heavy atom. The molecule has 0 aromatic rings. The summed E-state index contributed by atoms with van der Waals surface area (Å²) in [7, 11) is 0. The molecule has 0 saturated heterocycles. The maximum absolute atomic E-state index is 12.0. The molecule has 2 N–H and O–H groups in total. The Balaban J connectivity index is 3.56. The number of carbonyl (C=O) groups excluding carboxylic acids is 2. The summed E-state index contributed by atoms with van der Waals surface area (Å²) in [6.45, 7) is 3.92. The van der Waals surface area contributed by atoms with Crippen LogP contribution < -0.4 is 0 Å². The molecule has 6 heteroatoms. The van der Waals surface area contributed by atoms with E-state index in [0.29, 0.717) is 19.3 Å². The van der Waals surface area contributed by atoms with Gasteiger partial charge >= 0.3 is 11.9 Å². The summed E-state index contributed by atoms with van der Waals surface area (Å²) in [5.74, 6) is -0.650. The summed E-state index contributed by atoms with van der Waals surface area (Å²) < 4.78 is 10.3. The third-order valence-corrected chi connectivity index (χ3v) is 8.17. The van der Waals surface area contributed by atoms with Crippen molar-refractivity contribution in [2.24, 2.45) is 0 Å². The van der Waals surface area contributed by atoms with Gasteiger partial charge in [0.15, 0.2) is 0 Å². The average molecular weight is 673 g/mol. The third kappa shape index (κ3) is 36.4. The maximum atomic E-state index is 12.0. The normalized spacial score (nSPS) is 13.5. The largest absolute Gasteiger partial charge is 0.463 e. The van der Waals surface area contributed by atoms with E-state index in [2.05, 4.69) is 49.5 Å². The number of unbranched alkanes of at least 4 members (excludes halogenated alkanes) is 16. The van der Waals surface area contributed by atoms with Gasteiger partial charge in [0.2, 0.25) is 0 Å². The van der Waals surface area contributed by atoms with E-state index in [4.69, 9.17) is 9.47 Å². The predicted molar refractivity (Wildman–Crippen MR) is 202 cm³/mol. The van der Waals surface area contributed by atoms with Crippen LogP contribution in [0.15, 0.2) is 60.8 Å². The van der Waals surface area contributed by atoms with Gasteiger partial charge in [0, 0.05) is 12.8 Å². The summed E-state index contributed by atoms with van der Waals surface area (Å²) in [4.78, 5) is 23.9. The topological polar surface area (TPSA) is 93.1 Å². The first-order valence-corrected chi connectivity index (χ1v) is 19.4. The van der Waals surface area contributed by atoms with Crippen LogP contribution in [0.4, 0.5) is 0 Å². The molecule has 0 aliphatic carbocycles. The molecule has 0 aromatic carbocycles. The first-order valence-electron chi connectivity index (χ1n) is 19.4. The van der Waals surface area contributed by atoms with Gasteiger partial charge in [-0.25, -0.2) is 0 Å². The minimum atomic E-state index is -0.996. The second kappa shape index (κ2) is 37.4. The minimum Gasteiger partial charge on any atom is -0.463 e. The van der Waals surface area contributed by atoms with Crippen LogP contribution in [0.2, 0.25) is 0 Å². The van der Waals surface area contributed by atoms with Gasteiger partial charge in [0.25, 0.3) is 0 Å². The van der Waals surface area contributed by atoms with Gasteiger partial charge in [-0.1, -0.05) is 171 Å². The van der Waals surface area contributed by atoms with Crippen LogP contribution in [0.5, 0.6) is 0 Å². The standard InChI is InChI=1S/C42H72O6/c1-3-5-6-7-8-9-10-11-12-13-17-20-23-26-29-32-35-41(45)47-37-40(44)38-48-42(46)36-33-30-27-24-21-18-15-14-16-19-22-25-28-31-34-39(43)4-2/h15-16,18-19,24-25,27-28,31,34,39-40,43-44H,3-14,17,20-23,26,29-30,32-33,35-38H2,1-2H3/b18-15-,19-16-,27-24-,28-25-,34-31+/t39-,40-/m0/s1. The SMILES string of the molecule is CCCCCCCCCCCCCCCCCCC(=O)OC[C@H](O)COC(=O)CCC/C=C\C/C=C\C/C=C\C/C=C\C=C\[C@@H](O)CC. The van der Waals surface area contributed by atoms with Crippen molar-refractivity contribution in [3.8, 4) is 0 Å². The molecule has 0 spiro atoms. The number of carbonyl (C=O) groups is 2. The van der Waals surface area contributed by atoms with Crippen LogP contribution in [-0.2, 0) is 19.1 Å². The van der Waals surface area contributed by atoms with Crippen molar-refractivity contribution < 1.29 is 29.3 Å². The number of ether oxygens (including phenoxy) is 2.